The Bertz CT molecular complexity index is 1340. The molecule has 32 heavy (non-hydrogen) atoms. The first-order valence-electron chi connectivity index (χ1n) is 9.72. The van der Waals surface area contributed by atoms with Crippen molar-refractivity contribution in [2.75, 3.05) is 26.1 Å². The highest BCUT2D eigenvalue weighted by atomic mass is 32.2. The van der Waals surface area contributed by atoms with Gasteiger partial charge in [-0.2, -0.15) is 4.99 Å². The number of hydrogen-bond acceptors (Lipinski definition) is 8. The third kappa shape index (κ3) is 4.68. The summed E-state index contributed by atoms with van der Waals surface area (Å²) in [6.45, 7) is 1.04. The van der Waals surface area contributed by atoms with Crippen molar-refractivity contribution in [3.05, 3.63) is 47.3 Å². The largest absolute Gasteiger partial charge is 0.486 e. The predicted octanol–water partition coefficient (Wildman–Crippen LogP) is 1.94. The minimum Gasteiger partial charge on any atom is -0.486 e. The van der Waals surface area contributed by atoms with E-state index in [9.17, 15) is 18.0 Å². The van der Waals surface area contributed by atoms with Gasteiger partial charge in [-0.3, -0.25) is 9.59 Å². The molecule has 0 radical (unpaired) electrons. The smallest absolute Gasteiger partial charge is 0.307 e. The van der Waals surface area contributed by atoms with Crippen LogP contribution in [0.4, 0.5) is 0 Å². The highest BCUT2D eigenvalue weighted by Gasteiger charge is 2.21. The van der Waals surface area contributed by atoms with Crippen LogP contribution in [0.5, 0.6) is 11.5 Å². The van der Waals surface area contributed by atoms with Crippen molar-refractivity contribution < 1.29 is 32.2 Å². The Morgan fingerprint density at radius 2 is 1.81 bits per heavy atom. The summed E-state index contributed by atoms with van der Waals surface area (Å²) in [6, 6.07) is 11.3. The summed E-state index contributed by atoms with van der Waals surface area (Å²) in [5, 5.41) is 0. The van der Waals surface area contributed by atoms with Gasteiger partial charge < -0.3 is 18.8 Å². The van der Waals surface area contributed by atoms with Crippen LogP contribution in [-0.4, -0.2) is 50.9 Å². The maximum atomic E-state index is 12.6. The number of esters is 1. The van der Waals surface area contributed by atoms with Gasteiger partial charge in [-0.05, 0) is 12.1 Å². The molecule has 0 aliphatic carbocycles. The van der Waals surface area contributed by atoms with Gasteiger partial charge in [-0.25, -0.2) is 8.42 Å². The topological polar surface area (TPSA) is 113 Å². The number of amides is 1. The first-order valence-corrected chi connectivity index (χ1v) is 12.2. The molecule has 168 valence electrons. The molecule has 11 heteroatoms. The van der Waals surface area contributed by atoms with E-state index in [2.05, 4.69) is 4.99 Å². The Morgan fingerprint density at radius 3 is 2.50 bits per heavy atom. The first kappa shape index (κ1) is 22.0. The number of methoxy groups -OCH3 is 1. The second kappa shape index (κ2) is 9.13. The molecule has 2 heterocycles. The molecule has 1 amide bonds. The molecular weight excluding hydrogens is 456 g/mol. The van der Waals surface area contributed by atoms with Crippen LogP contribution >= 0.6 is 11.3 Å². The zero-order valence-electron chi connectivity index (χ0n) is 17.1. The van der Waals surface area contributed by atoms with E-state index in [1.54, 1.807) is 34.9 Å². The number of ether oxygens (including phenoxy) is 3. The van der Waals surface area contributed by atoms with Gasteiger partial charge in [0.2, 0.25) is 0 Å². The number of rotatable bonds is 6. The quantitative estimate of drug-likeness (QED) is 0.500. The van der Waals surface area contributed by atoms with E-state index in [-0.39, 0.29) is 22.7 Å². The third-order valence-electron chi connectivity index (χ3n) is 4.75. The van der Waals surface area contributed by atoms with E-state index in [0.29, 0.717) is 30.2 Å². The predicted molar refractivity (Wildman–Crippen MR) is 117 cm³/mol. The number of sulfone groups is 1. The summed E-state index contributed by atoms with van der Waals surface area (Å²) >= 11 is 1.20. The van der Waals surface area contributed by atoms with Crippen LogP contribution in [0, 0.1) is 0 Å². The van der Waals surface area contributed by atoms with Gasteiger partial charge in [0.05, 0.1) is 28.6 Å². The Morgan fingerprint density at radius 1 is 1.12 bits per heavy atom. The van der Waals surface area contributed by atoms with Crippen LogP contribution in [0.1, 0.15) is 6.42 Å². The molecule has 2 aromatic carbocycles. The number of carbonyl (C=O) groups excluding carboxylic acids is 2. The van der Waals surface area contributed by atoms with E-state index in [1.807, 2.05) is 0 Å². The van der Waals surface area contributed by atoms with Crippen LogP contribution in [-0.2, 0) is 30.7 Å². The zero-order chi connectivity index (χ0) is 22.7. The molecule has 9 nitrogen and oxygen atoms in total. The van der Waals surface area contributed by atoms with Crippen molar-refractivity contribution >= 4 is 43.3 Å². The lowest BCUT2D eigenvalue weighted by Gasteiger charge is -2.18. The SMILES string of the molecule is COC(=O)CCn1c(=NC(=O)CS(=O)(=O)c2ccccc2)sc2cc3c(cc21)OCCO3. The highest BCUT2D eigenvalue weighted by Crippen LogP contribution is 2.35. The minimum atomic E-state index is -3.83. The van der Waals surface area contributed by atoms with Crippen LogP contribution in [0.3, 0.4) is 0 Å². The lowest BCUT2D eigenvalue weighted by Crippen LogP contribution is -2.22. The van der Waals surface area contributed by atoms with E-state index < -0.39 is 27.5 Å². The first-order chi connectivity index (χ1) is 15.4. The van der Waals surface area contributed by atoms with Gasteiger partial charge in [-0.1, -0.05) is 29.5 Å². The molecule has 0 N–H and O–H groups in total. The molecule has 3 aromatic rings. The van der Waals surface area contributed by atoms with Gasteiger partial charge >= 0.3 is 5.97 Å². The minimum absolute atomic E-state index is 0.0560. The molecule has 0 atom stereocenters. The highest BCUT2D eigenvalue weighted by molar-refractivity contribution is 7.92. The summed E-state index contributed by atoms with van der Waals surface area (Å²) in [4.78, 5) is 28.7. The molecule has 1 aromatic heterocycles. The van der Waals surface area contributed by atoms with Crippen molar-refractivity contribution in [3.63, 3.8) is 0 Å². The van der Waals surface area contributed by atoms with Gasteiger partial charge in [0.15, 0.2) is 26.1 Å². The monoisotopic (exact) mass is 476 g/mol. The number of aromatic nitrogens is 1. The molecule has 0 bridgehead atoms. The third-order valence-corrected chi connectivity index (χ3v) is 7.41. The molecule has 4 rings (SSSR count). The zero-order valence-corrected chi connectivity index (χ0v) is 18.8. The Labute approximate surface area is 187 Å². The van der Waals surface area contributed by atoms with Gasteiger partial charge in [0, 0.05) is 18.7 Å². The van der Waals surface area contributed by atoms with Gasteiger partial charge in [0.1, 0.15) is 19.0 Å². The molecule has 0 saturated carbocycles. The van der Waals surface area contributed by atoms with Crippen LogP contribution < -0.4 is 14.3 Å². The van der Waals surface area contributed by atoms with E-state index >= 15 is 0 Å². The van der Waals surface area contributed by atoms with Crippen LogP contribution in [0.25, 0.3) is 10.2 Å². The van der Waals surface area contributed by atoms with Gasteiger partial charge in [-0.15, -0.1) is 0 Å². The summed E-state index contributed by atoms with van der Waals surface area (Å²) in [5.74, 6) is -0.847. The number of benzene rings is 2. The summed E-state index contributed by atoms with van der Waals surface area (Å²) < 4.78 is 43.5. The van der Waals surface area contributed by atoms with E-state index in [4.69, 9.17) is 14.2 Å². The number of hydrogen-bond donors (Lipinski definition) is 0. The molecule has 0 fully saturated rings. The molecule has 0 spiro atoms. The number of thiazole rings is 1. The fourth-order valence-electron chi connectivity index (χ4n) is 3.23. The normalized spacial score (nSPS) is 13.8. The summed E-state index contributed by atoms with van der Waals surface area (Å²) in [5.41, 5.74) is 0.695. The summed E-state index contributed by atoms with van der Waals surface area (Å²) in [7, 11) is -2.53. The fraction of sp³-hybridized carbons (Fsp3) is 0.286. The average Bonchev–Trinajstić information content (AvgIpc) is 3.11. The van der Waals surface area contributed by atoms with Gasteiger partial charge in [0.25, 0.3) is 5.91 Å². The molecular formula is C21H20N2O7S2. The standard InChI is InChI=1S/C21H20N2O7S2/c1-28-20(25)7-8-23-15-11-16-17(30-10-9-29-16)12-18(15)31-21(23)22-19(24)13-32(26,27)14-5-3-2-4-6-14/h2-6,11-12H,7-10,13H2,1H3. The van der Waals surface area contributed by atoms with Crippen molar-refractivity contribution in [2.45, 2.75) is 17.9 Å². The Kier molecular flexibility index (Phi) is 6.28. The van der Waals surface area contributed by atoms with Crippen molar-refractivity contribution in [3.8, 4) is 11.5 Å². The second-order valence-electron chi connectivity index (χ2n) is 6.90. The molecule has 0 saturated heterocycles. The van der Waals surface area contributed by atoms with Crippen molar-refractivity contribution in [2.24, 2.45) is 4.99 Å². The maximum Gasteiger partial charge on any atom is 0.307 e. The number of nitrogens with zero attached hydrogens (tertiary/aromatic N) is 2. The number of carbonyl (C=O) groups is 2. The molecule has 0 unspecified atom stereocenters. The number of fused-ring (bicyclic) bond motifs is 2. The Hall–Kier alpha value is -3.18. The summed E-state index contributed by atoms with van der Waals surface area (Å²) in [6.07, 6.45) is 0.0560. The van der Waals surface area contributed by atoms with E-state index in [1.165, 1.54) is 30.6 Å². The Balaban J connectivity index is 1.73. The van der Waals surface area contributed by atoms with Crippen molar-refractivity contribution in [1.29, 1.82) is 0 Å². The lowest BCUT2D eigenvalue weighted by atomic mass is 10.2. The van der Waals surface area contributed by atoms with Crippen LogP contribution in [0.2, 0.25) is 0 Å². The number of aryl methyl sites for hydroxylation is 1. The lowest BCUT2D eigenvalue weighted by molar-refractivity contribution is -0.140. The van der Waals surface area contributed by atoms with Crippen molar-refractivity contribution in [1.82, 2.24) is 4.57 Å². The average molecular weight is 477 g/mol. The maximum absolute atomic E-state index is 12.6. The van der Waals surface area contributed by atoms with E-state index in [0.717, 1.165) is 4.70 Å². The molecule has 1 aliphatic rings. The second-order valence-corrected chi connectivity index (χ2v) is 9.90. The fourth-order valence-corrected chi connectivity index (χ4v) is 5.44. The van der Waals surface area contributed by atoms with Crippen LogP contribution in [0.15, 0.2) is 52.4 Å². The molecule has 1 aliphatic heterocycles.